The molecule has 0 bridgehead atoms. The van der Waals surface area contributed by atoms with Crippen molar-refractivity contribution in [1.29, 1.82) is 0 Å². The predicted molar refractivity (Wildman–Crippen MR) is 126 cm³/mol. The van der Waals surface area contributed by atoms with Gasteiger partial charge >= 0.3 is 0 Å². The molecule has 0 atom stereocenters. The molecule has 3 heterocycles. The smallest absolute Gasteiger partial charge is 0.224 e. The van der Waals surface area contributed by atoms with Gasteiger partial charge in [-0.3, -0.25) is 4.79 Å². The maximum atomic E-state index is 12.1. The predicted octanol–water partition coefficient (Wildman–Crippen LogP) is 3.90. The highest BCUT2D eigenvalue weighted by molar-refractivity contribution is 5.76. The van der Waals surface area contributed by atoms with Crippen LogP contribution in [-0.4, -0.2) is 56.9 Å². The van der Waals surface area contributed by atoms with Crippen LogP contribution >= 0.6 is 0 Å². The fourth-order valence-electron chi connectivity index (χ4n) is 3.81. The standard InChI is InChI=1S/C24H29N7O/c1-3-7-22(32)31-16-12-19(13-17-31)27-24-26-15-11-21(29-24)30(2)20-10-14-25-23(28-20)18-8-5-4-6-9-18/h4-6,8-11,14-15,19H,3,7,12-13,16-17H2,1-2H3,(H,26,27,29). The Balaban J connectivity index is 1.42. The van der Waals surface area contributed by atoms with Crippen LogP contribution in [0.4, 0.5) is 17.6 Å². The van der Waals surface area contributed by atoms with Crippen LogP contribution in [0.15, 0.2) is 54.9 Å². The molecule has 4 rings (SSSR count). The van der Waals surface area contributed by atoms with Gasteiger partial charge in [-0.25, -0.2) is 15.0 Å². The van der Waals surface area contributed by atoms with E-state index in [1.54, 1.807) is 12.4 Å². The molecule has 166 valence electrons. The number of hydrogen-bond donors (Lipinski definition) is 1. The van der Waals surface area contributed by atoms with E-state index in [4.69, 9.17) is 9.97 Å². The Kier molecular flexibility index (Phi) is 6.89. The van der Waals surface area contributed by atoms with Crippen molar-refractivity contribution in [3.05, 3.63) is 54.9 Å². The summed E-state index contributed by atoms with van der Waals surface area (Å²) in [6.07, 6.45) is 6.82. The summed E-state index contributed by atoms with van der Waals surface area (Å²) in [6, 6.07) is 13.9. The van der Waals surface area contributed by atoms with E-state index in [9.17, 15) is 4.79 Å². The number of benzene rings is 1. The maximum absolute atomic E-state index is 12.1. The molecule has 1 aliphatic heterocycles. The molecule has 1 aliphatic rings. The van der Waals surface area contributed by atoms with E-state index in [-0.39, 0.29) is 11.9 Å². The van der Waals surface area contributed by atoms with Gasteiger partial charge in [0, 0.05) is 50.6 Å². The van der Waals surface area contributed by atoms with E-state index in [1.807, 2.05) is 66.2 Å². The largest absolute Gasteiger partial charge is 0.351 e. The van der Waals surface area contributed by atoms with Crippen LogP contribution in [0.2, 0.25) is 0 Å². The van der Waals surface area contributed by atoms with Crippen molar-refractivity contribution >= 4 is 23.5 Å². The monoisotopic (exact) mass is 431 g/mol. The first-order chi connectivity index (χ1) is 15.6. The highest BCUT2D eigenvalue weighted by atomic mass is 16.2. The number of rotatable bonds is 7. The fraction of sp³-hybridized carbons (Fsp3) is 0.375. The van der Waals surface area contributed by atoms with E-state index >= 15 is 0 Å². The molecule has 0 radical (unpaired) electrons. The average Bonchev–Trinajstić information content (AvgIpc) is 2.85. The van der Waals surface area contributed by atoms with Crippen LogP contribution in [0.5, 0.6) is 0 Å². The molecule has 0 aliphatic carbocycles. The second-order valence-corrected chi connectivity index (χ2v) is 7.95. The Morgan fingerprint density at radius 3 is 2.44 bits per heavy atom. The van der Waals surface area contributed by atoms with Crippen LogP contribution in [0.3, 0.4) is 0 Å². The molecular formula is C24H29N7O. The molecule has 0 saturated carbocycles. The molecule has 8 nitrogen and oxygen atoms in total. The zero-order valence-corrected chi connectivity index (χ0v) is 18.6. The molecule has 1 amide bonds. The molecule has 0 spiro atoms. The van der Waals surface area contributed by atoms with E-state index in [0.29, 0.717) is 18.2 Å². The van der Waals surface area contributed by atoms with Gasteiger partial charge in [-0.1, -0.05) is 37.3 Å². The van der Waals surface area contributed by atoms with Crippen molar-refractivity contribution in [2.45, 2.75) is 38.6 Å². The summed E-state index contributed by atoms with van der Waals surface area (Å²) >= 11 is 0. The number of anilines is 3. The number of hydrogen-bond acceptors (Lipinski definition) is 7. The van der Waals surface area contributed by atoms with Gasteiger partial charge in [0.1, 0.15) is 11.6 Å². The van der Waals surface area contributed by atoms with E-state index < -0.39 is 0 Å². The normalized spacial score (nSPS) is 14.2. The van der Waals surface area contributed by atoms with Gasteiger partial charge in [0.25, 0.3) is 0 Å². The summed E-state index contributed by atoms with van der Waals surface area (Å²) in [6.45, 7) is 3.59. The van der Waals surface area contributed by atoms with Gasteiger partial charge in [0.05, 0.1) is 0 Å². The Morgan fingerprint density at radius 2 is 1.72 bits per heavy atom. The Morgan fingerprint density at radius 1 is 1.03 bits per heavy atom. The molecule has 1 aromatic carbocycles. The lowest BCUT2D eigenvalue weighted by Gasteiger charge is -2.32. The fourth-order valence-corrected chi connectivity index (χ4v) is 3.81. The molecule has 8 heteroatoms. The van der Waals surface area contributed by atoms with Crippen molar-refractivity contribution in [3.8, 4) is 11.4 Å². The van der Waals surface area contributed by atoms with Gasteiger partial charge < -0.3 is 15.1 Å². The zero-order valence-electron chi connectivity index (χ0n) is 18.6. The molecule has 2 aromatic heterocycles. The third-order valence-electron chi connectivity index (χ3n) is 5.65. The minimum Gasteiger partial charge on any atom is -0.351 e. The Hall–Kier alpha value is -3.55. The highest BCUT2D eigenvalue weighted by Crippen LogP contribution is 2.23. The summed E-state index contributed by atoms with van der Waals surface area (Å²) in [7, 11) is 1.93. The van der Waals surface area contributed by atoms with Gasteiger partial charge in [0.15, 0.2) is 5.82 Å². The van der Waals surface area contributed by atoms with Gasteiger partial charge in [0.2, 0.25) is 11.9 Å². The number of piperidine rings is 1. The Labute approximate surface area is 188 Å². The van der Waals surface area contributed by atoms with E-state index in [2.05, 4.69) is 15.3 Å². The topological polar surface area (TPSA) is 87.1 Å². The molecule has 0 unspecified atom stereocenters. The average molecular weight is 432 g/mol. The summed E-state index contributed by atoms with van der Waals surface area (Å²) in [4.78, 5) is 34.2. The van der Waals surface area contributed by atoms with Crippen molar-refractivity contribution in [2.75, 3.05) is 30.4 Å². The van der Waals surface area contributed by atoms with Crippen LogP contribution < -0.4 is 10.2 Å². The number of nitrogens with zero attached hydrogens (tertiary/aromatic N) is 6. The number of amides is 1. The van der Waals surface area contributed by atoms with Crippen LogP contribution in [-0.2, 0) is 4.79 Å². The van der Waals surface area contributed by atoms with E-state index in [0.717, 1.165) is 49.6 Å². The minimum atomic E-state index is 0.255. The summed E-state index contributed by atoms with van der Waals surface area (Å²) in [5.74, 6) is 3.02. The van der Waals surface area contributed by atoms with Crippen LogP contribution in [0, 0.1) is 0 Å². The van der Waals surface area contributed by atoms with Gasteiger partial charge in [-0.2, -0.15) is 4.98 Å². The first-order valence-corrected chi connectivity index (χ1v) is 11.1. The lowest BCUT2D eigenvalue weighted by Crippen LogP contribution is -2.42. The molecule has 32 heavy (non-hydrogen) atoms. The minimum absolute atomic E-state index is 0.255. The van der Waals surface area contributed by atoms with Gasteiger partial charge in [-0.05, 0) is 31.4 Å². The summed E-state index contributed by atoms with van der Waals surface area (Å²) in [5, 5.41) is 3.44. The third-order valence-corrected chi connectivity index (χ3v) is 5.65. The number of aromatic nitrogens is 4. The number of likely N-dealkylation sites (tertiary alicyclic amines) is 1. The van der Waals surface area contributed by atoms with E-state index in [1.165, 1.54) is 0 Å². The Bertz CT molecular complexity index is 1040. The number of nitrogens with one attached hydrogen (secondary N) is 1. The van der Waals surface area contributed by atoms with Crippen molar-refractivity contribution in [1.82, 2.24) is 24.8 Å². The third kappa shape index (κ3) is 5.19. The first-order valence-electron chi connectivity index (χ1n) is 11.1. The quantitative estimate of drug-likeness (QED) is 0.607. The summed E-state index contributed by atoms with van der Waals surface area (Å²) < 4.78 is 0. The lowest BCUT2D eigenvalue weighted by atomic mass is 10.0. The maximum Gasteiger partial charge on any atom is 0.224 e. The zero-order chi connectivity index (χ0) is 22.3. The summed E-state index contributed by atoms with van der Waals surface area (Å²) in [5.41, 5.74) is 0.969. The first kappa shape index (κ1) is 21.7. The number of carbonyl (C=O) groups excluding carboxylic acids is 1. The van der Waals surface area contributed by atoms with Crippen molar-refractivity contribution in [3.63, 3.8) is 0 Å². The molecule has 1 N–H and O–H groups in total. The highest BCUT2D eigenvalue weighted by Gasteiger charge is 2.23. The molecule has 3 aromatic rings. The molecular weight excluding hydrogens is 402 g/mol. The molecule has 1 saturated heterocycles. The second-order valence-electron chi connectivity index (χ2n) is 7.95. The SMILES string of the molecule is CCCC(=O)N1CCC(Nc2nccc(N(C)c3ccnc(-c4ccccc4)n3)n2)CC1. The lowest BCUT2D eigenvalue weighted by molar-refractivity contribution is -0.132. The second kappa shape index (κ2) is 10.2. The van der Waals surface area contributed by atoms with Gasteiger partial charge in [-0.15, -0.1) is 0 Å². The number of carbonyl (C=O) groups is 1. The van der Waals surface area contributed by atoms with Crippen molar-refractivity contribution in [2.24, 2.45) is 0 Å². The van der Waals surface area contributed by atoms with Crippen molar-refractivity contribution < 1.29 is 4.79 Å². The van der Waals surface area contributed by atoms with Crippen LogP contribution in [0.1, 0.15) is 32.6 Å². The molecule has 1 fully saturated rings. The van der Waals surface area contributed by atoms with Crippen LogP contribution in [0.25, 0.3) is 11.4 Å².